The fraction of sp³-hybridized carbons (Fsp3) is 0.235. The normalized spacial score (nSPS) is 22.6. The van der Waals surface area contributed by atoms with Gasteiger partial charge in [-0.3, -0.25) is 0 Å². The molecule has 1 atom stereocenters. The molecule has 2 aromatic carbocycles. The highest BCUT2D eigenvalue weighted by Crippen LogP contribution is 2.61. The van der Waals surface area contributed by atoms with Crippen LogP contribution in [0, 0.1) is 0 Å². The monoisotopic (exact) mass is 286 g/mol. The lowest BCUT2D eigenvalue weighted by Gasteiger charge is -2.15. The SMILES string of the molecule is CCOC(=O)C1(F)OC1(c1ccccc1)c1ccccc1. The molecular formula is C17H15FO3. The Morgan fingerprint density at radius 1 is 1.05 bits per heavy atom. The van der Waals surface area contributed by atoms with E-state index < -0.39 is 17.4 Å². The molecule has 0 saturated carbocycles. The van der Waals surface area contributed by atoms with Crippen LogP contribution in [-0.4, -0.2) is 18.4 Å². The van der Waals surface area contributed by atoms with Crippen molar-refractivity contribution in [1.29, 1.82) is 0 Å². The van der Waals surface area contributed by atoms with Crippen LogP contribution in [0.25, 0.3) is 0 Å². The van der Waals surface area contributed by atoms with Gasteiger partial charge < -0.3 is 9.47 Å². The number of esters is 1. The maximum atomic E-state index is 15.1. The number of halogens is 1. The summed E-state index contributed by atoms with van der Waals surface area (Å²) in [5, 5.41) is 0. The van der Waals surface area contributed by atoms with Crippen molar-refractivity contribution in [3.05, 3.63) is 71.8 Å². The van der Waals surface area contributed by atoms with E-state index in [9.17, 15) is 4.79 Å². The minimum Gasteiger partial charge on any atom is -0.462 e. The van der Waals surface area contributed by atoms with Crippen molar-refractivity contribution in [3.63, 3.8) is 0 Å². The molecule has 2 aromatic rings. The van der Waals surface area contributed by atoms with Crippen LogP contribution in [0.4, 0.5) is 4.39 Å². The fourth-order valence-electron chi connectivity index (χ4n) is 2.60. The van der Waals surface area contributed by atoms with Crippen molar-refractivity contribution in [3.8, 4) is 0 Å². The summed E-state index contributed by atoms with van der Waals surface area (Å²) in [7, 11) is 0. The van der Waals surface area contributed by atoms with Gasteiger partial charge >= 0.3 is 11.8 Å². The van der Waals surface area contributed by atoms with Crippen LogP contribution in [0.3, 0.4) is 0 Å². The minimum absolute atomic E-state index is 0.105. The van der Waals surface area contributed by atoms with E-state index in [1.807, 2.05) is 12.1 Å². The first-order valence-corrected chi connectivity index (χ1v) is 6.82. The Kier molecular flexibility index (Phi) is 3.26. The van der Waals surface area contributed by atoms with Gasteiger partial charge in [-0.15, -0.1) is 0 Å². The first kappa shape index (κ1) is 13.8. The summed E-state index contributed by atoms with van der Waals surface area (Å²) >= 11 is 0. The van der Waals surface area contributed by atoms with Crippen LogP contribution in [0.5, 0.6) is 0 Å². The fourth-order valence-corrected chi connectivity index (χ4v) is 2.60. The van der Waals surface area contributed by atoms with Crippen molar-refractivity contribution in [2.45, 2.75) is 18.4 Å². The largest absolute Gasteiger partial charge is 0.462 e. The molecule has 0 aliphatic carbocycles. The third-order valence-electron chi connectivity index (χ3n) is 3.60. The second-order valence-electron chi connectivity index (χ2n) is 4.83. The molecule has 0 N–H and O–H groups in total. The topological polar surface area (TPSA) is 38.8 Å². The van der Waals surface area contributed by atoms with E-state index in [-0.39, 0.29) is 6.61 Å². The number of rotatable bonds is 4. The number of benzene rings is 2. The number of alkyl halides is 1. The molecule has 0 amide bonds. The van der Waals surface area contributed by atoms with Crippen molar-refractivity contribution in [1.82, 2.24) is 0 Å². The quantitative estimate of drug-likeness (QED) is 0.640. The Morgan fingerprint density at radius 2 is 1.52 bits per heavy atom. The van der Waals surface area contributed by atoms with E-state index >= 15 is 4.39 Å². The number of hydrogen-bond donors (Lipinski definition) is 0. The van der Waals surface area contributed by atoms with E-state index in [1.165, 1.54) is 0 Å². The van der Waals surface area contributed by atoms with E-state index in [4.69, 9.17) is 9.47 Å². The highest BCUT2D eigenvalue weighted by Gasteiger charge is 2.79. The minimum atomic E-state index is -2.48. The molecule has 3 rings (SSSR count). The second-order valence-corrected chi connectivity index (χ2v) is 4.83. The van der Waals surface area contributed by atoms with Crippen molar-refractivity contribution >= 4 is 5.97 Å². The molecular weight excluding hydrogens is 271 g/mol. The van der Waals surface area contributed by atoms with Crippen LogP contribution >= 0.6 is 0 Å². The van der Waals surface area contributed by atoms with Gasteiger partial charge in [0.25, 0.3) is 0 Å². The van der Waals surface area contributed by atoms with Gasteiger partial charge in [0.2, 0.25) is 0 Å². The Labute approximate surface area is 122 Å². The summed E-state index contributed by atoms with van der Waals surface area (Å²) in [5.41, 5.74) is -0.250. The Morgan fingerprint density at radius 3 is 1.95 bits per heavy atom. The summed E-state index contributed by atoms with van der Waals surface area (Å²) in [5.74, 6) is -3.47. The standard InChI is InChI=1S/C17H15FO3/c1-2-20-15(19)17(18)16(21-17,13-9-5-3-6-10-13)14-11-7-4-8-12-14/h3-12H,2H2,1H3. The number of carbonyl (C=O) groups excluding carboxylic acids is 1. The number of carbonyl (C=O) groups is 1. The third kappa shape index (κ3) is 1.94. The highest BCUT2D eigenvalue weighted by molar-refractivity contribution is 5.85. The molecule has 1 aliphatic rings. The zero-order chi connectivity index (χ0) is 14.9. The molecule has 0 bridgehead atoms. The lowest BCUT2D eigenvalue weighted by atomic mass is 9.87. The smallest absolute Gasteiger partial charge is 0.376 e. The highest BCUT2D eigenvalue weighted by atomic mass is 19.2. The lowest BCUT2D eigenvalue weighted by molar-refractivity contribution is -0.156. The van der Waals surface area contributed by atoms with Gasteiger partial charge in [0.1, 0.15) is 0 Å². The van der Waals surface area contributed by atoms with Crippen LogP contribution in [0.2, 0.25) is 0 Å². The van der Waals surface area contributed by atoms with Crippen LogP contribution in [0.1, 0.15) is 18.1 Å². The van der Waals surface area contributed by atoms with Crippen molar-refractivity contribution in [2.24, 2.45) is 0 Å². The summed E-state index contributed by atoms with van der Waals surface area (Å²) in [6, 6.07) is 17.8. The summed E-state index contributed by atoms with van der Waals surface area (Å²) in [6.07, 6.45) is 0. The number of ether oxygens (including phenoxy) is 2. The maximum absolute atomic E-state index is 15.1. The average Bonchev–Trinajstić information content (AvgIpc) is 3.18. The molecule has 3 nitrogen and oxygen atoms in total. The second kappa shape index (κ2) is 4.97. The van der Waals surface area contributed by atoms with E-state index in [2.05, 4.69) is 0 Å². The molecule has 108 valence electrons. The summed E-state index contributed by atoms with van der Waals surface area (Å²) < 4.78 is 25.2. The zero-order valence-corrected chi connectivity index (χ0v) is 11.6. The molecule has 1 heterocycles. The molecule has 4 heteroatoms. The number of epoxide rings is 1. The summed E-state index contributed by atoms with van der Waals surface area (Å²) in [4.78, 5) is 12.0. The third-order valence-corrected chi connectivity index (χ3v) is 3.60. The van der Waals surface area contributed by atoms with Gasteiger partial charge in [-0.05, 0) is 18.1 Å². The average molecular weight is 286 g/mol. The van der Waals surface area contributed by atoms with Crippen LogP contribution in [0.15, 0.2) is 60.7 Å². The van der Waals surface area contributed by atoms with E-state index in [0.717, 1.165) is 0 Å². The van der Waals surface area contributed by atoms with Gasteiger partial charge in [0.15, 0.2) is 5.60 Å². The molecule has 1 fully saturated rings. The predicted octanol–water partition coefficient (Wildman–Crippen LogP) is 3.19. The molecule has 0 spiro atoms. The first-order valence-electron chi connectivity index (χ1n) is 6.82. The van der Waals surface area contributed by atoms with Gasteiger partial charge in [-0.25, -0.2) is 4.79 Å². The van der Waals surface area contributed by atoms with E-state index in [0.29, 0.717) is 11.1 Å². The maximum Gasteiger partial charge on any atom is 0.376 e. The molecule has 0 aromatic heterocycles. The van der Waals surface area contributed by atoms with Gasteiger partial charge in [0, 0.05) is 0 Å². The Hall–Kier alpha value is -2.20. The molecule has 1 saturated heterocycles. The van der Waals surface area contributed by atoms with Crippen molar-refractivity contribution in [2.75, 3.05) is 6.61 Å². The summed E-state index contributed by atoms with van der Waals surface area (Å²) in [6.45, 7) is 1.74. The first-order chi connectivity index (χ1) is 10.1. The molecule has 21 heavy (non-hydrogen) atoms. The number of hydrogen-bond acceptors (Lipinski definition) is 3. The van der Waals surface area contributed by atoms with Gasteiger partial charge in [-0.1, -0.05) is 60.7 Å². The van der Waals surface area contributed by atoms with Gasteiger partial charge in [0.05, 0.1) is 6.61 Å². The molecule has 1 unspecified atom stereocenters. The Balaban J connectivity index is 2.10. The molecule has 1 aliphatic heterocycles. The predicted molar refractivity (Wildman–Crippen MR) is 75.2 cm³/mol. The van der Waals surface area contributed by atoms with E-state index in [1.54, 1.807) is 55.5 Å². The van der Waals surface area contributed by atoms with Gasteiger partial charge in [-0.2, -0.15) is 4.39 Å². The van der Waals surface area contributed by atoms with Crippen molar-refractivity contribution < 1.29 is 18.7 Å². The van der Waals surface area contributed by atoms with Crippen LogP contribution in [-0.2, 0) is 19.9 Å². The lowest BCUT2D eigenvalue weighted by Crippen LogP contribution is -2.31. The Bertz CT molecular complexity index is 602. The van der Waals surface area contributed by atoms with Crippen LogP contribution < -0.4 is 0 Å². The zero-order valence-electron chi connectivity index (χ0n) is 11.6. The molecule has 0 radical (unpaired) electrons.